The van der Waals surface area contributed by atoms with Crippen LogP contribution in [0.3, 0.4) is 0 Å². The highest BCUT2D eigenvalue weighted by molar-refractivity contribution is 5.72. The molecule has 0 aromatic rings. The Morgan fingerprint density at radius 2 is 1.60 bits per heavy atom. The Labute approximate surface area is 94.2 Å². The van der Waals surface area contributed by atoms with Gasteiger partial charge < -0.3 is 16.0 Å². The summed E-state index contributed by atoms with van der Waals surface area (Å²) >= 11 is 0. The lowest BCUT2D eigenvalue weighted by Gasteiger charge is -2.04. The first-order valence-corrected chi connectivity index (χ1v) is 5.37. The SMILES string of the molecule is C.CNCCCCNCCCNC(C)=O. The van der Waals surface area contributed by atoms with Crippen molar-refractivity contribution in [3.05, 3.63) is 0 Å². The zero-order valence-corrected chi connectivity index (χ0v) is 9.36. The molecule has 0 aliphatic heterocycles. The zero-order valence-electron chi connectivity index (χ0n) is 9.36. The summed E-state index contributed by atoms with van der Waals surface area (Å²) in [6.07, 6.45) is 3.43. The molecule has 0 radical (unpaired) electrons. The Morgan fingerprint density at radius 3 is 2.20 bits per heavy atom. The molecule has 0 unspecified atom stereocenters. The van der Waals surface area contributed by atoms with Gasteiger partial charge in [0.25, 0.3) is 0 Å². The van der Waals surface area contributed by atoms with E-state index in [1.807, 2.05) is 7.05 Å². The number of unbranched alkanes of at least 4 members (excludes halogenated alkanes) is 1. The molecule has 0 atom stereocenters. The molecule has 4 nitrogen and oxygen atoms in total. The van der Waals surface area contributed by atoms with Crippen molar-refractivity contribution in [1.29, 1.82) is 0 Å². The normalized spacial score (nSPS) is 9.47. The average molecular weight is 217 g/mol. The van der Waals surface area contributed by atoms with Crippen molar-refractivity contribution in [3.8, 4) is 0 Å². The predicted molar refractivity (Wildman–Crippen MR) is 66.1 cm³/mol. The van der Waals surface area contributed by atoms with Gasteiger partial charge in [0.1, 0.15) is 0 Å². The van der Waals surface area contributed by atoms with Crippen molar-refractivity contribution in [2.24, 2.45) is 0 Å². The molecule has 0 bridgehead atoms. The lowest BCUT2D eigenvalue weighted by Crippen LogP contribution is -2.25. The van der Waals surface area contributed by atoms with Crippen LogP contribution in [0.25, 0.3) is 0 Å². The van der Waals surface area contributed by atoms with Crippen LogP contribution < -0.4 is 16.0 Å². The molecule has 0 spiro atoms. The van der Waals surface area contributed by atoms with Gasteiger partial charge in [-0.15, -0.1) is 0 Å². The summed E-state index contributed by atoms with van der Waals surface area (Å²) in [7, 11) is 1.97. The Kier molecular flexibility index (Phi) is 15.0. The molecule has 3 N–H and O–H groups in total. The van der Waals surface area contributed by atoms with Crippen molar-refractivity contribution < 1.29 is 4.79 Å². The van der Waals surface area contributed by atoms with Crippen LogP contribution in [0, 0.1) is 0 Å². The monoisotopic (exact) mass is 217 g/mol. The van der Waals surface area contributed by atoms with Gasteiger partial charge in [-0.3, -0.25) is 4.79 Å². The highest BCUT2D eigenvalue weighted by atomic mass is 16.1. The van der Waals surface area contributed by atoms with Crippen molar-refractivity contribution in [3.63, 3.8) is 0 Å². The van der Waals surface area contributed by atoms with E-state index in [9.17, 15) is 4.79 Å². The van der Waals surface area contributed by atoms with Crippen molar-refractivity contribution >= 4 is 5.91 Å². The molecule has 15 heavy (non-hydrogen) atoms. The average Bonchev–Trinajstić information content (AvgIpc) is 2.15. The van der Waals surface area contributed by atoms with Gasteiger partial charge >= 0.3 is 0 Å². The summed E-state index contributed by atoms with van der Waals surface area (Å²) in [6.45, 7) is 5.47. The molecule has 92 valence electrons. The third kappa shape index (κ3) is 16.1. The minimum absolute atomic E-state index is 0. The number of carbonyl (C=O) groups excluding carboxylic acids is 1. The number of carbonyl (C=O) groups is 1. The van der Waals surface area contributed by atoms with Crippen LogP contribution in [0.4, 0.5) is 0 Å². The van der Waals surface area contributed by atoms with Crippen molar-refractivity contribution in [2.75, 3.05) is 33.2 Å². The quantitative estimate of drug-likeness (QED) is 0.499. The van der Waals surface area contributed by atoms with Crippen LogP contribution >= 0.6 is 0 Å². The second-order valence-electron chi connectivity index (χ2n) is 3.40. The molecular weight excluding hydrogens is 190 g/mol. The van der Waals surface area contributed by atoms with Gasteiger partial charge in [0, 0.05) is 13.5 Å². The fourth-order valence-electron chi connectivity index (χ4n) is 1.15. The van der Waals surface area contributed by atoms with E-state index in [0.29, 0.717) is 0 Å². The highest BCUT2D eigenvalue weighted by Gasteiger charge is 1.91. The van der Waals surface area contributed by atoms with Gasteiger partial charge in [-0.25, -0.2) is 0 Å². The number of hydrogen-bond donors (Lipinski definition) is 3. The summed E-state index contributed by atoms with van der Waals surface area (Å²) in [4.78, 5) is 10.5. The summed E-state index contributed by atoms with van der Waals surface area (Å²) in [6, 6.07) is 0. The fourth-order valence-corrected chi connectivity index (χ4v) is 1.15. The minimum Gasteiger partial charge on any atom is -0.356 e. The molecule has 0 aliphatic carbocycles. The van der Waals surface area contributed by atoms with E-state index < -0.39 is 0 Å². The van der Waals surface area contributed by atoms with Crippen LogP contribution in [0.15, 0.2) is 0 Å². The van der Waals surface area contributed by atoms with Crippen LogP contribution in [-0.2, 0) is 4.79 Å². The van der Waals surface area contributed by atoms with Gasteiger partial charge in [0.05, 0.1) is 0 Å². The number of amides is 1. The largest absolute Gasteiger partial charge is 0.356 e. The molecule has 4 heteroatoms. The fraction of sp³-hybridized carbons (Fsp3) is 0.909. The number of nitrogens with one attached hydrogen (secondary N) is 3. The van der Waals surface area contributed by atoms with E-state index in [1.54, 1.807) is 6.92 Å². The molecule has 0 aliphatic rings. The first-order valence-electron chi connectivity index (χ1n) is 5.37. The van der Waals surface area contributed by atoms with E-state index in [1.165, 1.54) is 12.8 Å². The molecule has 1 amide bonds. The minimum atomic E-state index is 0. The van der Waals surface area contributed by atoms with E-state index >= 15 is 0 Å². The zero-order chi connectivity index (χ0) is 10.6. The maximum Gasteiger partial charge on any atom is 0.216 e. The van der Waals surface area contributed by atoms with Gasteiger partial charge in [-0.05, 0) is 45.9 Å². The van der Waals surface area contributed by atoms with Gasteiger partial charge in [-0.1, -0.05) is 7.43 Å². The summed E-state index contributed by atoms with van der Waals surface area (Å²) < 4.78 is 0. The standard InChI is InChI=1S/C10H23N3O.CH4/c1-10(14)13-9-5-8-12-7-4-3-6-11-2;/h11-12H,3-9H2,1-2H3,(H,13,14);1H4. The number of hydrogen-bond acceptors (Lipinski definition) is 3. The van der Waals surface area contributed by atoms with Crippen molar-refractivity contribution in [2.45, 2.75) is 33.6 Å². The van der Waals surface area contributed by atoms with Gasteiger partial charge in [0.2, 0.25) is 5.91 Å². The molecule has 0 saturated carbocycles. The molecule has 0 aromatic carbocycles. The summed E-state index contributed by atoms with van der Waals surface area (Å²) in [5, 5.41) is 9.22. The smallest absolute Gasteiger partial charge is 0.216 e. The lowest BCUT2D eigenvalue weighted by atomic mass is 10.3. The third-order valence-electron chi connectivity index (χ3n) is 1.93. The van der Waals surface area contributed by atoms with Gasteiger partial charge in [-0.2, -0.15) is 0 Å². The van der Waals surface area contributed by atoms with Crippen LogP contribution in [-0.4, -0.2) is 39.1 Å². The molecule has 0 rings (SSSR count). The molecule has 0 fully saturated rings. The number of rotatable bonds is 9. The predicted octanol–water partition coefficient (Wildman–Crippen LogP) is 0.738. The van der Waals surface area contributed by atoms with Crippen LogP contribution in [0.5, 0.6) is 0 Å². The summed E-state index contributed by atoms with van der Waals surface area (Å²) in [5.41, 5.74) is 0. The van der Waals surface area contributed by atoms with E-state index in [4.69, 9.17) is 0 Å². The molecular formula is C11H27N3O. The Balaban J connectivity index is 0. The highest BCUT2D eigenvalue weighted by Crippen LogP contribution is 1.83. The maximum absolute atomic E-state index is 10.5. The Bertz CT molecular complexity index is 140. The third-order valence-corrected chi connectivity index (χ3v) is 1.93. The topological polar surface area (TPSA) is 53.2 Å². The van der Waals surface area contributed by atoms with Gasteiger partial charge in [0.15, 0.2) is 0 Å². The van der Waals surface area contributed by atoms with Crippen LogP contribution in [0.1, 0.15) is 33.6 Å². The lowest BCUT2D eigenvalue weighted by molar-refractivity contribution is -0.118. The van der Waals surface area contributed by atoms with E-state index in [2.05, 4.69) is 16.0 Å². The maximum atomic E-state index is 10.5. The van der Waals surface area contributed by atoms with Crippen molar-refractivity contribution in [1.82, 2.24) is 16.0 Å². The second kappa shape index (κ2) is 13.4. The summed E-state index contributed by atoms with van der Waals surface area (Å²) in [5.74, 6) is 0.0546. The first-order chi connectivity index (χ1) is 6.77. The van der Waals surface area contributed by atoms with E-state index in [0.717, 1.165) is 32.6 Å². The van der Waals surface area contributed by atoms with Crippen LogP contribution in [0.2, 0.25) is 0 Å². The molecule has 0 aromatic heterocycles. The molecule has 0 heterocycles. The first kappa shape index (κ1) is 16.8. The Morgan fingerprint density at radius 1 is 1.00 bits per heavy atom. The Hall–Kier alpha value is -0.610. The molecule has 0 saturated heterocycles. The van der Waals surface area contributed by atoms with E-state index in [-0.39, 0.29) is 13.3 Å². The second-order valence-corrected chi connectivity index (χ2v) is 3.40.